The average Bonchev–Trinajstić information content (AvgIpc) is 2.37. The van der Waals surface area contributed by atoms with Gasteiger partial charge >= 0.3 is 0 Å². The molecule has 2 aliphatic rings. The van der Waals surface area contributed by atoms with Gasteiger partial charge in [0.15, 0.2) is 0 Å². The first kappa shape index (κ1) is 7.10. The molecule has 0 aromatic carbocycles. The molecule has 2 fully saturated rings. The van der Waals surface area contributed by atoms with Crippen LogP contribution in [-0.4, -0.2) is 6.04 Å². The molecule has 2 heteroatoms. The van der Waals surface area contributed by atoms with Crippen molar-refractivity contribution in [2.24, 2.45) is 5.73 Å². The highest BCUT2D eigenvalue weighted by molar-refractivity contribution is 5.85. The zero-order chi connectivity index (χ0) is 5.56. The summed E-state index contributed by atoms with van der Waals surface area (Å²) in [6, 6.07) is 0.512. The van der Waals surface area contributed by atoms with Gasteiger partial charge in [0.25, 0.3) is 0 Å². The number of rotatable bonds is 0. The van der Waals surface area contributed by atoms with E-state index in [1.807, 2.05) is 0 Å². The largest absolute Gasteiger partial charge is 0.327 e. The molecule has 0 aromatic rings. The highest BCUT2D eigenvalue weighted by atomic mass is 35.5. The second-order valence-electron chi connectivity index (χ2n) is 2.88. The molecule has 2 aliphatic carbocycles. The van der Waals surface area contributed by atoms with E-state index in [4.69, 9.17) is 5.73 Å². The maximum atomic E-state index is 5.60. The van der Waals surface area contributed by atoms with Gasteiger partial charge < -0.3 is 5.73 Å². The Balaban J connectivity index is 0.000000405. The van der Waals surface area contributed by atoms with Gasteiger partial charge in [-0.3, -0.25) is 0 Å². The van der Waals surface area contributed by atoms with Crippen molar-refractivity contribution >= 4 is 12.4 Å². The van der Waals surface area contributed by atoms with Crippen LogP contribution >= 0.6 is 12.4 Å². The van der Waals surface area contributed by atoms with E-state index in [0.29, 0.717) is 6.04 Å². The molecule has 0 aliphatic heterocycles. The number of nitrogens with two attached hydrogens (primary N) is 1. The highest BCUT2D eigenvalue weighted by Gasteiger charge is 2.26. The van der Waals surface area contributed by atoms with Crippen LogP contribution in [-0.2, 0) is 0 Å². The Bertz CT molecular complexity index is 137. The Morgan fingerprint density at radius 3 is 2.00 bits per heavy atom. The van der Waals surface area contributed by atoms with Crippen molar-refractivity contribution < 1.29 is 0 Å². The lowest BCUT2D eigenvalue weighted by molar-refractivity contribution is 0.539. The second kappa shape index (κ2) is 2.31. The van der Waals surface area contributed by atoms with E-state index in [1.165, 1.54) is 25.7 Å². The van der Waals surface area contributed by atoms with Crippen LogP contribution in [0.2, 0.25) is 0 Å². The Kier molecular flexibility index (Phi) is 1.83. The van der Waals surface area contributed by atoms with E-state index < -0.39 is 0 Å². The zero-order valence-electron chi connectivity index (χ0n) is 5.39. The number of hydrogen-bond donors (Lipinski definition) is 1. The van der Waals surface area contributed by atoms with Crippen LogP contribution in [0.1, 0.15) is 25.7 Å². The van der Waals surface area contributed by atoms with Gasteiger partial charge in [-0.1, -0.05) is 11.1 Å². The fourth-order valence-corrected chi connectivity index (χ4v) is 1.28. The third-order valence-corrected chi connectivity index (χ3v) is 2.02. The number of hydrogen-bond acceptors (Lipinski definition) is 1. The Morgan fingerprint density at radius 1 is 1.11 bits per heavy atom. The molecule has 9 heavy (non-hydrogen) atoms. The summed E-state index contributed by atoms with van der Waals surface area (Å²) in [4.78, 5) is 0. The van der Waals surface area contributed by atoms with E-state index in [9.17, 15) is 0 Å². The van der Waals surface area contributed by atoms with Crippen molar-refractivity contribution in [1.29, 1.82) is 0 Å². The van der Waals surface area contributed by atoms with E-state index in [2.05, 4.69) is 0 Å². The van der Waals surface area contributed by atoms with Gasteiger partial charge in [-0.25, -0.2) is 0 Å². The summed E-state index contributed by atoms with van der Waals surface area (Å²) >= 11 is 0. The fourth-order valence-electron chi connectivity index (χ4n) is 1.28. The van der Waals surface area contributed by atoms with Crippen LogP contribution in [0.25, 0.3) is 0 Å². The number of halogens is 1. The molecule has 0 bridgehead atoms. The van der Waals surface area contributed by atoms with Crippen molar-refractivity contribution in [3.63, 3.8) is 0 Å². The fraction of sp³-hybridized carbons (Fsp3) is 0.714. The first-order valence-electron chi connectivity index (χ1n) is 3.31. The Hall–Kier alpha value is -0.0100. The van der Waals surface area contributed by atoms with E-state index in [-0.39, 0.29) is 12.4 Å². The van der Waals surface area contributed by atoms with Gasteiger partial charge in [-0.15, -0.1) is 12.4 Å². The monoisotopic (exact) mass is 145 g/mol. The standard InChI is InChI=1S/C7H11N.ClH/c8-7-3-6(4-7)5-1-2-5;/h7H,1-4,8H2;1H. The first-order chi connectivity index (χ1) is 3.86. The summed E-state index contributed by atoms with van der Waals surface area (Å²) < 4.78 is 0. The Morgan fingerprint density at radius 2 is 1.67 bits per heavy atom. The minimum absolute atomic E-state index is 0. The van der Waals surface area contributed by atoms with Crippen molar-refractivity contribution in [2.75, 3.05) is 0 Å². The summed E-state index contributed by atoms with van der Waals surface area (Å²) in [7, 11) is 0. The van der Waals surface area contributed by atoms with Gasteiger partial charge in [-0.05, 0) is 25.7 Å². The third kappa shape index (κ3) is 1.28. The maximum Gasteiger partial charge on any atom is 0.0114 e. The van der Waals surface area contributed by atoms with Gasteiger partial charge in [0.2, 0.25) is 0 Å². The van der Waals surface area contributed by atoms with Crippen molar-refractivity contribution in [3.05, 3.63) is 11.1 Å². The quantitative estimate of drug-likeness (QED) is 0.515. The molecule has 0 aromatic heterocycles. The predicted octanol–water partition coefficient (Wildman–Crippen LogP) is 1.62. The van der Waals surface area contributed by atoms with Gasteiger partial charge in [0.1, 0.15) is 0 Å². The highest BCUT2D eigenvalue weighted by Crippen LogP contribution is 2.40. The molecule has 2 saturated carbocycles. The SMILES string of the molecule is Cl.NC1CC(=C2CC2)C1. The molecule has 0 amide bonds. The lowest BCUT2D eigenvalue weighted by Gasteiger charge is -2.24. The van der Waals surface area contributed by atoms with Crippen molar-refractivity contribution in [2.45, 2.75) is 31.7 Å². The molecule has 0 spiro atoms. The van der Waals surface area contributed by atoms with Crippen LogP contribution in [0, 0.1) is 0 Å². The molecular weight excluding hydrogens is 134 g/mol. The van der Waals surface area contributed by atoms with Crippen LogP contribution in [0.5, 0.6) is 0 Å². The van der Waals surface area contributed by atoms with Gasteiger partial charge in [0, 0.05) is 6.04 Å². The topological polar surface area (TPSA) is 26.0 Å². The summed E-state index contributed by atoms with van der Waals surface area (Å²) in [5.74, 6) is 0. The molecule has 0 heterocycles. The van der Waals surface area contributed by atoms with Crippen LogP contribution < -0.4 is 5.73 Å². The minimum atomic E-state index is 0. The summed E-state index contributed by atoms with van der Waals surface area (Å²) in [5.41, 5.74) is 8.99. The third-order valence-electron chi connectivity index (χ3n) is 2.02. The molecule has 2 N–H and O–H groups in total. The van der Waals surface area contributed by atoms with Crippen molar-refractivity contribution in [1.82, 2.24) is 0 Å². The second-order valence-corrected chi connectivity index (χ2v) is 2.88. The lowest BCUT2D eigenvalue weighted by Crippen LogP contribution is -2.30. The average molecular weight is 146 g/mol. The van der Waals surface area contributed by atoms with E-state index in [0.717, 1.165) is 0 Å². The molecular formula is C7H12ClN. The minimum Gasteiger partial charge on any atom is -0.327 e. The molecule has 0 atom stereocenters. The summed E-state index contributed by atoms with van der Waals surface area (Å²) in [5, 5.41) is 0. The van der Waals surface area contributed by atoms with Crippen LogP contribution in [0.3, 0.4) is 0 Å². The summed E-state index contributed by atoms with van der Waals surface area (Å²) in [6.45, 7) is 0. The predicted molar refractivity (Wildman–Crippen MR) is 40.7 cm³/mol. The van der Waals surface area contributed by atoms with Crippen molar-refractivity contribution in [3.8, 4) is 0 Å². The van der Waals surface area contributed by atoms with Gasteiger partial charge in [-0.2, -0.15) is 0 Å². The molecule has 0 saturated heterocycles. The maximum absolute atomic E-state index is 5.60. The van der Waals surface area contributed by atoms with Crippen LogP contribution in [0.15, 0.2) is 11.1 Å². The molecule has 2 rings (SSSR count). The number of allylic oxidation sites excluding steroid dienone is 1. The molecule has 52 valence electrons. The Labute approximate surface area is 61.7 Å². The van der Waals surface area contributed by atoms with E-state index >= 15 is 0 Å². The summed E-state index contributed by atoms with van der Waals surface area (Å²) in [6.07, 6.45) is 5.16. The molecule has 1 nitrogen and oxygen atoms in total. The lowest BCUT2D eigenvalue weighted by atomic mass is 9.86. The smallest absolute Gasteiger partial charge is 0.0114 e. The molecule has 0 radical (unpaired) electrons. The normalized spacial score (nSPS) is 31.0. The van der Waals surface area contributed by atoms with E-state index in [1.54, 1.807) is 11.1 Å². The first-order valence-corrected chi connectivity index (χ1v) is 3.31. The van der Waals surface area contributed by atoms with Crippen LogP contribution in [0.4, 0.5) is 0 Å². The zero-order valence-corrected chi connectivity index (χ0v) is 6.21. The molecule has 0 unspecified atom stereocenters. The van der Waals surface area contributed by atoms with Gasteiger partial charge in [0.05, 0.1) is 0 Å².